The first-order valence-corrected chi connectivity index (χ1v) is 10.9. The molecule has 0 bridgehead atoms. The number of nitrogens with two attached hydrogens (primary N) is 2. The summed E-state index contributed by atoms with van der Waals surface area (Å²) >= 11 is 0. The van der Waals surface area contributed by atoms with E-state index in [1.54, 1.807) is 0 Å². The first-order valence-electron chi connectivity index (χ1n) is 10.9. The Morgan fingerprint density at radius 1 is 1.03 bits per heavy atom. The molecule has 7 atom stereocenters. The standard InChI is InChI=1S/C20H33N5O12/c1-8(20(36)25-10(18(21)34)3-4-13(30)23-5-14(31)32)16(19(22)35)37-17(15(33)12(29)7-27)11(6-26)24-9(2)28/h6,8,10-12,15-17,27,29,33H,3-5,7H2,1-2H3,(H2,21,34)(H2,22,35)(H,23,30)(H,24,28)(H,25,36)(H,31,32)/t8?,10?,11-,12+,15+,16?,17+/m0/s1. The maximum absolute atomic E-state index is 12.7. The SMILES string of the molecule is CC(=O)N[C@@H](C=O)[C@@H](OC(C(N)=O)C(C)C(=O)NC(CCC(=O)NCC(=O)O)C(N)=O)[C@H](O)[C@H](O)CO. The average Bonchev–Trinajstić information content (AvgIpc) is 2.82. The number of aldehydes is 1. The lowest BCUT2D eigenvalue weighted by Crippen LogP contribution is -2.58. The topological polar surface area (TPSA) is 298 Å². The van der Waals surface area contributed by atoms with Crippen molar-refractivity contribution in [3.63, 3.8) is 0 Å². The second-order valence-electron chi connectivity index (χ2n) is 7.99. The highest BCUT2D eigenvalue weighted by Crippen LogP contribution is 2.17. The molecule has 0 fully saturated rings. The minimum absolute atomic E-state index is 0.126. The van der Waals surface area contributed by atoms with E-state index in [1.807, 2.05) is 0 Å². The van der Waals surface area contributed by atoms with Gasteiger partial charge in [-0.1, -0.05) is 6.92 Å². The van der Waals surface area contributed by atoms with Crippen LogP contribution in [0.2, 0.25) is 0 Å². The molecule has 0 heterocycles. The Balaban J connectivity index is 5.69. The fourth-order valence-corrected chi connectivity index (χ4v) is 3.00. The van der Waals surface area contributed by atoms with E-state index in [2.05, 4.69) is 16.0 Å². The lowest BCUT2D eigenvalue weighted by atomic mass is 9.98. The van der Waals surface area contributed by atoms with E-state index in [0.717, 1.165) is 13.8 Å². The van der Waals surface area contributed by atoms with Crippen LogP contribution in [0.4, 0.5) is 0 Å². The van der Waals surface area contributed by atoms with Gasteiger partial charge in [-0.3, -0.25) is 28.8 Å². The molecule has 0 aromatic rings. The van der Waals surface area contributed by atoms with Crippen molar-refractivity contribution in [2.45, 2.75) is 63.2 Å². The second-order valence-corrected chi connectivity index (χ2v) is 7.99. The van der Waals surface area contributed by atoms with Crippen molar-refractivity contribution >= 4 is 41.8 Å². The van der Waals surface area contributed by atoms with Gasteiger partial charge in [-0.05, 0) is 6.42 Å². The summed E-state index contributed by atoms with van der Waals surface area (Å²) in [5, 5.41) is 44.2. The van der Waals surface area contributed by atoms with Gasteiger partial charge in [0.1, 0.15) is 49.3 Å². The van der Waals surface area contributed by atoms with Crippen LogP contribution in [0.15, 0.2) is 0 Å². The molecular weight excluding hydrogens is 502 g/mol. The molecule has 11 N–H and O–H groups in total. The van der Waals surface area contributed by atoms with Crippen molar-refractivity contribution in [1.82, 2.24) is 16.0 Å². The maximum atomic E-state index is 12.7. The van der Waals surface area contributed by atoms with Gasteiger partial charge in [0.15, 0.2) is 0 Å². The van der Waals surface area contributed by atoms with Gasteiger partial charge in [0.25, 0.3) is 0 Å². The van der Waals surface area contributed by atoms with Gasteiger partial charge in [-0.2, -0.15) is 0 Å². The Morgan fingerprint density at radius 3 is 2.05 bits per heavy atom. The zero-order chi connectivity index (χ0) is 28.9. The van der Waals surface area contributed by atoms with Gasteiger partial charge in [0.2, 0.25) is 29.5 Å². The summed E-state index contributed by atoms with van der Waals surface area (Å²) in [6, 6.07) is -3.08. The monoisotopic (exact) mass is 535 g/mol. The van der Waals surface area contributed by atoms with Gasteiger partial charge >= 0.3 is 5.97 Å². The number of nitrogens with one attached hydrogen (secondary N) is 3. The zero-order valence-corrected chi connectivity index (χ0v) is 20.2. The number of carboxylic acid groups (broad SMARTS) is 1. The minimum atomic E-state index is -2.04. The van der Waals surface area contributed by atoms with Crippen LogP contribution < -0.4 is 27.4 Å². The number of amides is 5. The number of aliphatic hydroxyl groups is 3. The van der Waals surface area contributed by atoms with E-state index >= 15 is 0 Å². The summed E-state index contributed by atoms with van der Waals surface area (Å²) in [6.07, 6.45) is -8.27. The normalized spacial score (nSPS) is 16.6. The fourth-order valence-electron chi connectivity index (χ4n) is 3.00. The number of aliphatic carboxylic acids is 1. The fraction of sp³-hybridized carbons (Fsp3) is 0.650. The van der Waals surface area contributed by atoms with Gasteiger partial charge < -0.3 is 57.4 Å². The van der Waals surface area contributed by atoms with E-state index in [9.17, 15) is 43.8 Å². The molecule has 0 aliphatic rings. The van der Waals surface area contributed by atoms with Crippen molar-refractivity contribution in [2.24, 2.45) is 17.4 Å². The van der Waals surface area contributed by atoms with E-state index in [1.165, 1.54) is 0 Å². The van der Waals surface area contributed by atoms with Crippen LogP contribution in [-0.2, 0) is 38.3 Å². The lowest BCUT2D eigenvalue weighted by Gasteiger charge is -2.34. The van der Waals surface area contributed by atoms with E-state index < -0.39 is 97.5 Å². The Bertz CT molecular complexity index is 854. The number of aliphatic hydroxyl groups excluding tert-OH is 3. The van der Waals surface area contributed by atoms with Crippen molar-refractivity contribution < 1.29 is 58.7 Å². The number of hydrogen-bond donors (Lipinski definition) is 9. The average molecular weight is 536 g/mol. The largest absolute Gasteiger partial charge is 0.480 e. The second kappa shape index (κ2) is 16.1. The summed E-state index contributed by atoms with van der Waals surface area (Å²) in [6.45, 7) is 0.488. The van der Waals surface area contributed by atoms with Crippen molar-refractivity contribution in [2.75, 3.05) is 13.2 Å². The number of hydrogen-bond acceptors (Lipinski definition) is 11. The quantitative estimate of drug-likeness (QED) is 0.0741. The zero-order valence-electron chi connectivity index (χ0n) is 20.2. The number of carbonyl (C=O) groups is 7. The summed E-state index contributed by atoms with van der Waals surface area (Å²) < 4.78 is 5.39. The Morgan fingerprint density at radius 2 is 1.62 bits per heavy atom. The van der Waals surface area contributed by atoms with Crippen LogP contribution in [0, 0.1) is 5.92 Å². The molecule has 3 unspecified atom stereocenters. The molecule has 0 aromatic carbocycles. The Labute approximate surface area is 210 Å². The highest BCUT2D eigenvalue weighted by atomic mass is 16.5. The first kappa shape index (κ1) is 33.3. The van der Waals surface area contributed by atoms with Crippen molar-refractivity contribution in [3.8, 4) is 0 Å². The predicted octanol–water partition coefficient (Wildman–Crippen LogP) is -5.77. The molecule has 0 aromatic heterocycles. The van der Waals surface area contributed by atoms with Crippen LogP contribution in [0.5, 0.6) is 0 Å². The van der Waals surface area contributed by atoms with Gasteiger partial charge in [0.05, 0.1) is 12.5 Å². The Kier molecular flexibility index (Phi) is 14.5. The summed E-state index contributed by atoms with van der Waals surface area (Å²) in [5.41, 5.74) is 10.6. The van der Waals surface area contributed by atoms with Crippen LogP contribution in [0.3, 0.4) is 0 Å². The van der Waals surface area contributed by atoms with E-state index in [4.69, 9.17) is 26.4 Å². The van der Waals surface area contributed by atoms with Crippen LogP contribution in [0.25, 0.3) is 0 Å². The molecule has 0 aliphatic carbocycles. The van der Waals surface area contributed by atoms with Gasteiger partial charge in [0, 0.05) is 13.3 Å². The number of rotatable bonds is 18. The molecule has 37 heavy (non-hydrogen) atoms. The van der Waals surface area contributed by atoms with Crippen LogP contribution in [0.1, 0.15) is 26.7 Å². The van der Waals surface area contributed by atoms with Crippen LogP contribution in [-0.4, -0.2) is 112 Å². The molecule has 17 nitrogen and oxygen atoms in total. The van der Waals surface area contributed by atoms with Gasteiger partial charge in [-0.25, -0.2) is 0 Å². The summed E-state index contributed by atoms with van der Waals surface area (Å²) in [7, 11) is 0. The maximum Gasteiger partial charge on any atom is 0.322 e. The number of carbonyl (C=O) groups excluding carboxylic acids is 6. The number of ether oxygens (including phenoxy) is 1. The molecule has 0 rings (SSSR count). The number of carboxylic acids is 1. The third-order valence-corrected chi connectivity index (χ3v) is 5.00. The molecule has 17 heteroatoms. The molecule has 0 spiro atoms. The number of primary amides is 2. The molecule has 5 amide bonds. The summed E-state index contributed by atoms with van der Waals surface area (Å²) in [5.74, 6) is -7.67. The lowest BCUT2D eigenvalue weighted by molar-refractivity contribution is -0.167. The summed E-state index contributed by atoms with van der Waals surface area (Å²) in [4.78, 5) is 81.7. The third-order valence-electron chi connectivity index (χ3n) is 5.00. The Hall–Kier alpha value is -3.67. The highest BCUT2D eigenvalue weighted by molar-refractivity contribution is 5.92. The third kappa shape index (κ3) is 11.7. The molecule has 0 saturated heterocycles. The molecule has 0 aliphatic heterocycles. The van der Waals surface area contributed by atoms with Crippen molar-refractivity contribution in [1.29, 1.82) is 0 Å². The molecule has 210 valence electrons. The molecule has 0 saturated carbocycles. The molecule has 0 radical (unpaired) electrons. The smallest absolute Gasteiger partial charge is 0.322 e. The van der Waals surface area contributed by atoms with E-state index in [0.29, 0.717) is 0 Å². The van der Waals surface area contributed by atoms with Crippen molar-refractivity contribution in [3.05, 3.63) is 0 Å². The predicted molar refractivity (Wildman–Crippen MR) is 121 cm³/mol. The van der Waals surface area contributed by atoms with Crippen LogP contribution >= 0.6 is 0 Å². The minimum Gasteiger partial charge on any atom is -0.480 e. The van der Waals surface area contributed by atoms with Gasteiger partial charge in [-0.15, -0.1) is 0 Å². The van der Waals surface area contributed by atoms with E-state index in [-0.39, 0.29) is 12.7 Å². The first-order chi connectivity index (χ1) is 17.2. The molecular formula is C20H33N5O12. The highest BCUT2D eigenvalue weighted by Gasteiger charge is 2.40.